The third-order valence-electron chi connectivity index (χ3n) is 4.40. The largest absolute Gasteiger partial charge is 4.00 e. The van der Waals surface area contributed by atoms with E-state index in [4.69, 9.17) is 0 Å². The van der Waals surface area contributed by atoms with Gasteiger partial charge in [0, 0.05) is 0 Å². The molecule has 126 valence electrons. The predicted octanol–water partition coefficient (Wildman–Crippen LogP) is -0.474. The Morgan fingerprint density at radius 2 is 1.00 bits per heavy atom. The van der Waals surface area contributed by atoms with E-state index in [1.807, 2.05) is 0 Å². The van der Waals surface area contributed by atoms with E-state index in [1.165, 1.54) is 32.2 Å². The summed E-state index contributed by atoms with van der Waals surface area (Å²) in [6.07, 6.45) is 0. The molecule has 0 nitrogen and oxygen atoms in total. The third-order valence-corrected chi connectivity index (χ3v) is 11.4. The second kappa shape index (κ2) is 9.66. The maximum atomic E-state index is 2.44. The molecular formula is C20H18Cl2P2Ti. The second-order valence-corrected chi connectivity index (χ2v) is 12.5. The van der Waals surface area contributed by atoms with Gasteiger partial charge in [0.25, 0.3) is 0 Å². The maximum absolute atomic E-state index is 2.44. The molecule has 0 aromatic heterocycles. The van der Waals surface area contributed by atoms with Crippen molar-refractivity contribution in [2.45, 2.75) is 0 Å². The van der Waals surface area contributed by atoms with Crippen LogP contribution in [0.15, 0.2) is 72.8 Å². The van der Waals surface area contributed by atoms with E-state index in [-0.39, 0.29) is 61.8 Å². The van der Waals surface area contributed by atoms with Crippen LogP contribution >= 0.6 is 15.2 Å². The molecule has 0 spiro atoms. The SMILES string of the molecule is CP(c1cc2ccccc2[cH-]1)P(C)c1cc2ccccc2[cH-]1.[Cl-].[Cl-].[Ti+4]. The van der Waals surface area contributed by atoms with Gasteiger partial charge >= 0.3 is 21.7 Å². The summed E-state index contributed by atoms with van der Waals surface area (Å²) >= 11 is 0. The Morgan fingerprint density at radius 1 is 0.640 bits per heavy atom. The summed E-state index contributed by atoms with van der Waals surface area (Å²) in [5, 5.41) is 8.59. The first kappa shape index (κ1) is 22.9. The van der Waals surface area contributed by atoms with E-state index >= 15 is 0 Å². The Kier molecular flexibility index (Phi) is 8.83. The second-order valence-electron chi connectivity index (χ2n) is 5.73. The fourth-order valence-corrected chi connectivity index (χ4v) is 7.76. The van der Waals surface area contributed by atoms with Crippen LogP contribution in [-0.2, 0) is 21.7 Å². The first-order valence-corrected chi connectivity index (χ1v) is 11.8. The summed E-state index contributed by atoms with van der Waals surface area (Å²) < 4.78 is 0. The Morgan fingerprint density at radius 3 is 1.36 bits per heavy atom. The minimum Gasteiger partial charge on any atom is -1.00 e. The molecule has 0 aliphatic carbocycles. The Labute approximate surface area is 179 Å². The number of hydrogen-bond acceptors (Lipinski definition) is 0. The van der Waals surface area contributed by atoms with Crippen LogP contribution in [0.3, 0.4) is 0 Å². The molecule has 0 aliphatic rings. The molecule has 2 atom stereocenters. The molecule has 25 heavy (non-hydrogen) atoms. The molecule has 5 heteroatoms. The summed E-state index contributed by atoms with van der Waals surface area (Å²) in [7, 11) is -0.264. The Hall–Kier alpha value is -0.186. The van der Waals surface area contributed by atoms with Crippen molar-refractivity contribution in [3.8, 4) is 0 Å². The molecule has 0 heterocycles. The van der Waals surface area contributed by atoms with Crippen LogP contribution in [-0.4, -0.2) is 13.3 Å². The van der Waals surface area contributed by atoms with Crippen LogP contribution in [0.2, 0.25) is 0 Å². The summed E-state index contributed by atoms with van der Waals surface area (Å²) in [6, 6.07) is 27.0. The van der Waals surface area contributed by atoms with Crippen LogP contribution in [0.25, 0.3) is 21.5 Å². The zero-order chi connectivity index (χ0) is 15.1. The molecule has 0 N–H and O–H groups in total. The van der Waals surface area contributed by atoms with E-state index in [1.54, 1.807) is 0 Å². The minimum atomic E-state index is -0.132. The van der Waals surface area contributed by atoms with Crippen molar-refractivity contribution in [1.29, 1.82) is 0 Å². The first-order valence-electron chi connectivity index (χ1n) is 7.51. The number of fused-ring (bicyclic) bond motifs is 2. The molecule has 0 saturated carbocycles. The van der Waals surface area contributed by atoms with Gasteiger partial charge in [0.2, 0.25) is 0 Å². The van der Waals surface area contributed by atoms with Crippen LogP contribution in [0, 0.1) is 0 Å². The van der Waals surface area contributed by atoms with Gasteiger partial charge in [-0.15, -0.1) is 80.7 Å². The normalized spacial score (nSPS) is 12.7. The predicted molar refractivity (Wildman–Crippen MR) is 104 cm³/mol. The molecule has 0 amide bonds. The monoisotopic (exact) mass is 438 g/mol. The molecule has 2 unspecified atom stereocenters. The maximum Gasteiger partial charge on any atom is 4.00 e. The zero-order valence-corrected chi connectivity index (χ0v) is 18.9. The van der Waals surface area contributed by atoms with Crippen molar-refractivity contribution in [2.24, 2.45) is 0 Å². The average Bonchev–Trinajstić information content (AvgIpc) is 3.16. The average molecular weight is 439 g/mol. The quantitative estimate of drug-likeness (QED) is 0.230. The fourth-order valence-electron chi connectivity index (χ4n) is 2.99. The molecule has 4 rings (SSSR count). The molecule has 0 aliphatic heterocycles. The zero-order valence-electron chi connectivity index (χ0n) is 14.1. The van der Waals surface area contributed by atoms with Gasteiger partial charge in [0.1, 0.15) is 0 Å². The summed E-state index contributed by atoms with van der Waals surface area (Å²) in [5.41, 5.74) is 0. The van der Waals surface area contributed by atoms with E-state index in [0.717, 1.165) is 0 Å². The number of rotatable bonds is 3. The minimum absolute atomic E-state index is 0. The third kappa shape index (κ3) is 4.57. The van der Waals surface area contributed by atoms with Gasteiger partial charge in [0.15, 0.2) is 0 Å². The summed E-state index contributed by atoms with van der Waals surface area (Å²) in [6.45, 7) is 4.87. The van der Waals surface area contributed by atoms with Gasteiger partial charge < -0.3 is 24.8 Å². The van der Waals surface area contributed by atoms with Gasteiger partial charge in [-0.25, -0.2) is 0 Å². The van der Waals surface area contributed by atoms with Crippen molar-refractivity contribution < 1.29 is 46.5 Å². The van der Waals surface area contributed by atoms with E-state index in [2.05, 4.69) is 86.1 Å². The van der Waals surface area contributed by atoms with E-state index < -0.39 is 0 Å². The summed E-state index contributed by atoms with van der Waals surface area (Å²) in [4.78, 5) is 0. The fraction of sp³-hybridized carbons (Fsp3) is 0.100. The standard InChI is InChI=1S/C20H18P2.2ClH.Ti/c1-21(19-11-15-7-3-4-8-16(15)12-19)22(2)20-13-17-9-5-6-10-18(17)14-20;;;/h3-14H,1-2H3;2*1H;/q-2;;;+4/p-2. The molecule has 4 aromatic rings. The van der Waals surface area contributed by atoms with Crippen LogP contribution < -0.4 is 35.4 Å². The van der Waals surface area contributed by atoms with Crippen molar-refractivity contribution in [3.63, 3.8) is 0 Å². The molecule has 4 aromatic carbocycles. The van der Waals surface area contributed by atoms with Crippen LogP contribution in [0.1, 0.15) is 0 Å². The topological polar surface area (TPSA) is 0 Å². The molecular weight excluding hydrogens is 421 g/mol. The molecule has 0 radical (unpaired) electrons. The van der Waals surface area contributed by atoms with Crippen LogP contribution in [0.5, 0.6) is 0 Å². The van der Waals surface area contributed by atoms with Gasteiger partial charge in [-0.2, -0.15) is 12.1 Å². The first-order chi connectivity index (χ1) is 10.7. The summed E-state index contributed by atoms with van der Waals surface area (Å²) in [5.74, 6) is 0. The number of benzene rings is 2. The molecule has 0 bridgehead atoms. The van der Waals surface area contributed by atoms with Gasteiger partial charge in [-0.1, -0.05) is 27.4 Å². The number of halogens is 2. The Balaban J connectivity index is 0.00000104. The van der Waals surface area contributed by atoms with Crippen molar-refractivity contribution in [3.05, 3.63) is 72.8 Å². The van der Waals surface area contributed by atoms with Gasteiger partial charge in [-0.05, 0) is 13.3 Å². The number of hydrogen-bond donors (Lipinski definition) is 0. The van der Waals surface area contributed by atoms with Gasteiger partial charge in [-0.3, -0.25) is 0 Å². The Bertz CT molecular complexity index is 801. The van der Waals surface area contributed by atoms with E-state index in [0.29, 0.717) is 0 Å². The van der Waals surface area contributed by atoms with Crippen molar-refractivity contribution in [1.82, 2.24) is 0 Å². The smallest absolute Gasteiger partial charge is 1.00 e. The van der Waals surface area contributed by atoms with Crippen molar-refractivity contribution >= 4 is 47.4 Å². The van der Waals surface area contributed by atoms with Crippen molar-refractivity contribution in [2.75, 3.05) is 13.3 Å². The molecule has 0 fully saturated rings. The van der Waals surface area contributed by atoms with E-state index in [9.17, 15) is 0 Å². The molecule has 0 saturated heterocycles. The van der Waals surface area contributed by atoms with Crippen LogP contribution in [0.4, 0.5) is 0 Å². The van der Waals surface area contributed by atoms with Gasteiger partial charge in [0.05, 0.1) is 0 Å².